The Morgan fingerprint density at radius 1 is 1.26 bits per heavy atom. The van der Waals surface area contributed by atoms with Crippen LogP contribution in [0, 0.1) is 12.7 Å². The van der Waals surface area contributed by atoms with Gasteiger partial charge in [-0.1, -0.05) is 19.9 Å². The molecule has 0 aliphatic heterocycles. The van der Waals surface area contributed by atoms with E-state index < -0.39 is 0 Å². The van der Waals surface area contributed by atoms with Crippen molar-refractivity contribution in [3.8, 4) is 0 Å². The lowest BCUT2D eigenvalue weighted by atomic mass is 10.2. The molecule has 0 bridgehead atoms. The first-order valence-electron chi connectivity index (χ1n) is 6.04. The van der Waals surface area contributed by atoms with Gasteiger partial charge in [-0.05, 0) is 35.0 Å². The molecule has 1 heterocycles. The summed E-state index contributed by atoms with van der Waals surface area (Å²) in [4.78, 5) is 8.73. The molecule has 0 saturated carbocycles. The molecule has 0 aliphatic carbocycles. The highest BCUT2D eigenvalue weighted by Crippen LogP contribution is 2.24. The second kappa shape index (κ2) is 5.65. The summed E-state index contributed by atoms with van der Waals surface area (Å²) in [6, 6.07) is 6.71. The number of benzene rings is 1. The van der Waals surface area contributed by atoms with E-state index in [1.165, 1.54) is 6.07 Å². The van der Waals surface area contributed by atoms with Crippen LogP contribution in [0.25, 0.3) is 0 Å². The summed E-state index contributed by atoms with van der Waals surface area (Å²) in [6.45, 7) is 5.79. The summed E-state index contributed by atoms with van der Waals surface area (Å²) in [7, 11) is 0. The van der Waals surface area contributed by atoms with E-state index >= 15 is 0 Å². The normalized spacial score (nSPS) is 10.8. The van der Waals surface area contributed by atoms with Crippen LogP contribution in [0.2, 0.25) is 0 Å². The van der Waals surface area contributed by atoms with Gasteiger partial charge in [-0.25, -0.2) is 14.4 Å². The van der Waals surface area contributed by atoms with Gasteiger partial charge >= 0.3 is 0 Å². The molecule has 0 spiro atoms. The lowest BCUT2D eigenvalue weighted by Gasteiger charge is -2.11. The second-order valence-corrected chi connectivity index (χ2v) is 5.44. The number of nitrogens with one attached hydrogen (secondary N) is 1. The number of hydrogen-bond donors (Lipinski definition) is 1. The van der Waals surface area contributed by atoms with Crippen molar-refractivity contribution in [2.24, 2.45) is 0 Å². The van der Waals surface area contributed by atoms with E-state index in [9.17, 15) is 4.39 Å². The first kappa shape index (κ1) is 13.9. The third-order valence-corrected chi connectivity index (χ3v) is 3.17. The van der Waals surface area contributed by atoms with Crippen LogP contribution in [0.15, 0.2) is 28.9 Å². The standard InChI is InChI=1S/C14H15BrFN3/c1-8(2)14-18-12(15)7-13(19-14)17-11-6-4-5-10(16)9(11)3/h4-8H,1-3H3,(H,17,18,19). The number of nitrogens with zero attached hydrogens (tertiary/aromatic N) is 2. The monoisotopic (exact) mass is 323 g/mol. The molecule has 0 saturated heterocycles. The van der Waals surface area contributed by atoms with Crippen LogP contribution >= 0.6 is 15.9 Å². The fraction of sp³-hybridized carbons (Fsp3) is 0.286. The minimum atomic E-state index is -0.234. The van der Waals surface area contributed by atoms with Crippen LogP contribution in [0.4, 0.5) is 15.9 Å². The molecular weight excluding hydrogens is 309 g/mol. The van der Waals surface area contributed by atoms with Gasteiger partial charge in [-0.3, -0.25) is 0 Å². The maximum absolute atomic E-state index is 13.5. The van der Waals surface area contributed by atoms with Gasteiger partial charge in [0, 0.05) is 23.2 Å². The predicted octanol–water partition coefficient (Wildman–Crippen LogP) is 4.55. The van der Waals surface area contributed by atoms with Crippen LogP contribution in [0.1, 0.15) is 31.2 Å². The summed E-state index contributed by atoms with van der Waals surface area (Å²) >= 11 is 3.36. The number of hydrogen-bond acceptors (Lipinski definition) is 3. The molecule has 5 heteroatoms. The van der Waals surface area contributed by atoms with E-state index in [1.807, 2.05) is 19.9 Å². The quantitative estimate of drug-likeness (QED) is 0.842. The van der Waals surface area contributed by atoms with Crippen molar-refractivity contribution in [2.45, 2.75) is 26.7 Å². The van der Waals surface area contributed by atoms with Crippen molar-refractivity contribution >= 4 is 27.4 Å². The third kappa shape index (κ3) is 3.29. The SMILES string of the molecule is Cc1c(F)cccc1Nc1cc(Br)nc(C(C)C)n1. The Morgan fingerprint density at radius 3 is 2.68 bits per heavy atom. The number of anilines is 2. The average molecular weight is 324 g/mol. The molecule has 2 rings (SSSR count). The Morgan fingerprint density at radius 2 is 2.00 bits per heavy atom. The Hall–Kier alpha value is -1.49. The minimum Gasteiger partial charge on any atom is -0.340 e. The Balaban J connectivity index is 2.35. The molecule has 0 atom stereocenters. The number of halogens is 2. The molecule has 1 aromatic carbocycles. The van der Waals surface area contributed by atoms with E-state index in [1.54, 1.807) is 19.1 Å². The highest BCUT2D eigenvalue weighted by Gasteiger charge is 2.09. The Labute approximate surface area is 120 Å². The molecule has 1 N–H and O–H groups in total. The summed E-state index contributed by atoms with van der Waals surface area (Å²) < 4.78 is 14.2. The van der Waals surface area contributed by atoms with Gasteiger partial charge in [0.25, 0.3) is 0 Å². The Kier molecular flexibility index (Phi) is 4.14. The molecule has 19 heavy (non-hydrogen) atoms. The van der Waals surface area contributed by atoms with Crippen molar-refractivity contribution in [3.05, 3.63) is 46.1 Å². The van der Waals surface area contributed by atoms with Crippen molar-refractivity contribution in [1.82, 2.24) is 9.97 Å². The molecule has 0 unspecified atom stereocenters. The minimum absolute atomic E-state index is 0.228. The van der Waals surface area contributed by atoms with Crippen molar-refractivity contribution in [2.75, 3.05) is 5.32 Å². The molecule has 0 radical (unpaired) electrons. The van der Waals surface area contributed by atoms with Gasteiger partial charge in [0.15, 0.2) is 0 Å². The fourth-order valence-electron chi connectivity index (χ4n) is 1.64. The van der Waals surface area contributed by atoms with Crippen LogP contribution in [-0.2, 0) is 0 Å². The lowest BCUT2D eigenvalue weighted by Crippen LogP contribution is -2.03. The summed E-state index contributed by atoms with van der Waals surface area (Å²) in [5.74, 6) is 1.39. The van der Waals surface area contributed by atoms with Gasteiger partial charge in [0.2, 0.25) is 0 Å². The zero-order chi connectivity index (χ0) is 14.0. The summed E-state index contributed by atoms with van der Waals surface area (Å²) in [5, 5.41) is 3.13. The fourth-order valence-corrected chi connectivity index (χ4v) is 2.04. The largest absolute Gasteiger partial charge is 0.340 e. The first-order valence-corrected chi connectivity index (χ1v) is 6.83. The van der Waals surface area contributed by atoms with E-state index in [0.29, 0.717) is 21.7 Å². The molecular formula is C14H15BrFN3. The number of aromatic nitrogens is 2. The first-order chi connectivity index (χ1) is 8.97. The molecule has 3 nitrogen and oxygen atoms in total. The highest BCUT2D eigenvalue weighted by atomic mass is 79.9. The molecule has 100 valence electrons. The van der Waals surface area contributed by atoms with Gasteiger partial charge in [0.05, 0.1) is 0 Å². The van der Waals surface area contributed by atoms with Gasteiger partial charge in [-0.2, -0.15) is 0 Å². The van der Waals surface area contributed by atoms with E-state index in [4.69, 9.17) is 0 Å². The highest BCUT2D eigenvalue weighted by molar-refractivity contribution is 9.10. The maximum Gasteiger partial charge on any atom is 0.135 e. The second-order valence-electron chi connectivity index (χ2n) is 4.63. The van der Waals surface area contributed by atoms with Crippen LogP contribution in [-0.4, -0.2) is 9.97 Å². The van der Waals surface area contributed by atoms with Gasteiger partial charge < -0.3 is 5.32 Å². The van der Waals surface area contributed by atoms with Gasteiger partial charge in [0.1, 0.15) is 22.1 Å². The topological polar surface area (TPSA) is 37.8 Å². The van der Waals surface area contributed by atoms with Crippen molar-refractivity contribution in [3.63, 3.8) is 0 Å². The third-order valence-electron chi connectivity index (χ3n) is 2.76. The zero-order valence-electron chi connectivity index (χ0n) is 11.0. The molecule has 1 aromatic heterocycles. The average Bonchev–Trinajstić information content (AvgIpc) is 2.34. The van der Waals surface area contributed by atoms with Crippen LogP contribution in [0.3, 0.4) is 0 Å². The predicted molar refractivity (Wildman–Crippen MR) is 78.2 cm³/mol. The zero-order valence-corrected chi connectivity index (χ0v) is 12.6. The number of rotatable bonds is 3. The Bertz CT molecular complexity index is 599. The van der Waals surface area contributed by atoms with Crippen LogP contribution < -0.4 is 5.32 Å². The summed E-state index contributed by atoms with van der Waals surface area (Å²) in [6.07, 6.45) is 0. The van der Waals surface area contributed by atoms with E-state index in [2.05, 4.69) is 31.2 Å². The maximum atomic E-state index is 13.5. The van der Waals surface area contributed by atoms with Crippen molar-refractivity contribution < 1.29 is 4.39 Å². The van der Waals surface area contributed by atoms with Crippen LogP contribution in [0.5, 0.6) is 0 Å². The van der Waals surface area contributed by atoms with Gasteiger partial charge in [-0.15, -0.1) is 0 Å². The molecule has 0 aliphatic rings. The molecule has 2 aromatic rings. The van der Waals surface area contributed by atoms with Crippen molar-refractivity contribution in [1.29, 1.82) is 0 Å². The molecule has 0 amide bonds. The van der Waals surface area contributed by atoms with E-state index in [0.717, 1.165) is 5.82 Å². The summed E-state index contributed by atoms with van der Waals surface area (Å²) in [5.41, 5.74) is 1.28. The lowest BCUT2D eigenvalue weighted by molar-refractivity contribution is 0.619. The smallest absolute Gasteiger partial charge is 0.135 e. The van der Waals surface area contributed by atoms with E-state index in [-0.39, 0.29) is 11.7 Å². The molecule has 0 fully saturated rings.